The molecule has 0 saturated carbocycles. The van der Waals surface area contributed by atoms with Crippen LogP contribution in [0.3, 0.4) is 0 Å². The van der Waals surface area contributed by atoms with Crippen molar-refractivity contribution >= 4 is 5.69 Å². The molecule has 0 amide bonds. The van der Waals surface area contributed by atoms with E-state index in [4.69, 9.17) is 0 Å². The van der Waals surface area contributed by atoms with Gasteiger partial charge in [-0.05, 0) is 30.7 Å². The Morgan fingerprint density at radius 1 is 1.16 bits per heavy atom. The minimum atomic E-state index is -0.406. The van der Waals surface area contributed by atoms with Crippen molar-refractivity contribution in [3.63, 3.8) is 0 Å². The molecule has 0 aliphatic rings. The molecule has 1 N–H and O–H groups in total. The van der Waals surface area contributed by atoms with E-state index in [1.807, 2.05) is 0 Å². The third-order valence-corrected chi connectivity index (χ3v) is 3.46. The molecule has 0 saturated heterocycles. The van der Waals surface area contributed by atoms with Crippen LogP contribution in [0.5, 0.6) is 0 Å². The Kier molecular flexibility index (Phi) is 6.50. The molecule has 4 heteroatoms. The maximum atomic E-state index is 10.6. The van der Waals surface area contributed by atoms with E-state index in [1.54, 1.807) is 12.1 Å². The number of non-ortho nitro benzene ring substituents is 1. The SMILES string of the molecule is CCCC(CCC)C(O)Cc1ccc([N+](=O)[O-])cc1. The fourth-order valence-corrected chi connectivity index (χ4v) is 2.43. The summed E-state index contributed by atoms with van der Waals surface area (Å²) in [5.74, 6) is 0.324. The zero-order valence-electron chi connectivity index (χ0n) is 11.7. The highest BCUT2D eigenvalue weighted by Crippen LogP contribution is 2.22. The Morgan fingerprint density at radius 2 is 1.68 bits per heavy atom. The molecule has 0 spiro atoms. The first-order chi connectivity index (χ1) is 9.08. The second-order valence-electron chi connectivity index (χ2n) is 5.03. The Labute approximate surface area is 114 Å². The van der Waals surface area contributed by atoms with Crippen LogP contribution in [0.2, 0.25) is 0 Å². The number of hydrogen-bond donors (Lipinski definition) is 1. The van der Waals surface area contributed by atoms with Gasteiger partial charge < -0.3 is 5.11 Å². The molecule has 4 nitrogen and oxygen atoms in total. The molecule has 19 heavy (non-hydrogen) atoms. The zero-order valence-corrected chi connectivity index (χ0v) is 11.7. The number of aliphatic hydroxyl groups excluding tert-OH is 1. The number of nitrogens with zero attached hydrogens (tertiary/aromatic N) is 1. The summed E-state index contributed by atoms with van der Waals surface area (Å²) in [5, 5.41) is 20.8. The molecule has 1 aromatic rings. The molecule has 0 heterocycles. The first-order valence-electron chi connectivity index (χ1n) is 6.99. The van der Waals surface area contributed by atoms with Crippen LogP contribution in [0, 0.1) is 16.0 Å². The van der Waals surface area contributed by atoms with Crippen LogP contribution in [0.25, 0.3) is 0 Å². The third kappa shape index (κ3) is 4.99. The van der Waals surface area contributed by atoms with E-state index in [0.717, 1.165) is 31.2 Å². The summed E-state index contributed by atoms with van der Waals surface area (Å²) < 4.78 is 0. The van der Waals surface area contributed by atoms with Gasteiger partial charge in [0, 0.05) is 12.1 Å². The normalized spacial score (nSPS) is 12.6. The van der Waals surface area contributed by atoms with Gasteiger partial charge in [0.1, 0.15) is 0 Å². The number of aliphatic hydroxyl groups is 1. The van der Waals surface area contributed by atoms with Gasteiger partial charge in [-0.1, -0.05) is 38.8 Å². The van der Waals surface area contributed by atoms with Crippen LogP contribution in [-0.2, 0) is 6.42 Å². The van der Waals surface area contributed by atoms with Crippen molar-refractivity contribution < 1.29 is 10.0 Å². The second-order valence-corrected chi connectivity index (χ2v) is 5.03. The first-order valence-corrected chi connectivity index (χ1v) is 6.99. The molecule has 1 aromatic carbocycles. The maximum absolute atomic E-state index is 10.6. The predicted octanol–water partition coefficient (Wildman–Crippen LogP) is 3.71. The number of hydrogen-bond acceptors (Lipinski definition) is 3. The van der Waals surface area contributed by atoms with Gasteiger partial charge in [0.25, 0.3) is 5.69 Å². The van der Waals surface area contributed by atoms with Crippen molar-refractivity contribution in [3.8, 4) is 0 Å². The number of benzene rings is 1. The van der Waals surface area contributed by atoms with Gasteiger partial charge in [-0.2, -0.15) is 0 Å². The minimum absolute atomic E-state index is 0.0944. The Bertz CT molecular complexity index is 383. The number of nitro groups is 1. The largest absolute Gasteiger partial charge is 0.392 e. The lowest BCUT2D eigenvalue weighted by Gasteiger charge is -2.22. The van der Waals surface area contributed by atoms with Gasteiger partial charge in [0.15, 0.2) is 0 Å². The summed E-state index contributed by atoms with van der Waals surface area (Å²) in [5.41, 5.74) is 1.05. The fourth-order valence-electron chi connectivity index (χ4n) is 2.43. The van der Waals surface area contributed by atoms with E-state index < -0.39 is 4.92 Å². The summed E-state index contributed by atoms with van der Waals surface area (Å²) in [4.78, 5) is 10.2. The summed E-state index contributed by atoms with van der Waals surface area (Å²) >= 11 is 0. The summed E-state index contributed by atoms with van der Waals surface area (Å²) in [6.07, 6.45) is 4.41. The zero-order chi connectivity index (χ0) is 14.3. The Morgan fingerprint density at radius 3 is 2.11 bits per heavy atom. The second kappa shape index (κ2) is 7.89. The molecule has 0 aliphatic heterocycles. The third-order valence-electron chi connectivity index (χ3n) is 3.46. The molecular formula is C15H23NO3. The van der Waals surface area contributed by atoms with E-state index in [1.165, 1.54) is 12.1 Å². The molecule has 0 radical (unpaired) electrons. The van der Waals surface area contributed by atoms with E-state index in [0.29, 0.717) is 12.3 Å². The monoisotopic (exact) mass is 265 g/mol. The lowest BCUT2D eigenvalue weighted by atomic mass is 9.89. The van der Waals surface area contributed by atoms with Crippen LogP contribution in [0.1, 0.15) is 45.1 Å². The van der Waals surface area contributed by atoms with Crippen LogP contribution < -0.4 is 0 Å². The highest BCUT2D eigenvalue weighted by molar-refractivity contribution is 5.33. The standard InChI is InChI=1S/C15H23NO3/c1-3-5-13(6-4-2)15(17)11-12-7-9-14(10-8-12)16(18)19/h7-10,13,15,17H,3-6,11H2,1-2H3. The average Bonchev–Trinajstić information content (AvgIpc) is 2.39. The van der Waals surface area contributed by atoms with Crippen molar-refractivity contribution in [2.45, 2.75) is 52.1 Å². The van der Waals surface area contributed by atoms with Gasteiger partial charge in [-0.15, -0.1) is 0 Å². The molecule has 0 aromatic heterocycles. The van der Waals surface area contributed by atoms with Gasteiger partial charge in [0.2, 0.25) is 0 Å². The maximum Gasteiger partial charge on any atom is 0.269 e. The van der Waals surface area contributed by atoms with Crippen molar-refractivity contribution in [1.29, 1.82) is 0 Å². The van der Waals surface area contributed by atoms with E-state index in [2.05, 4.69) is 13.8 Å². The quantitative estimate of drug-likeness (QED) is 0.575. The smallest absolute Gasteiger partial charge is 0.269 e. The molecule has 106 valence electrons. The molecule has 1 atom stereocenters. The van der Waals surface area contributed by atoms with Gasteiger partial charge in [-0.25, -0.2) is 0 Å². The summed E-state index contributed by atoms with van der Waals surface area (Å²) in [6.45, 7) is 4.25. The molecule has 0 bridgehead atoms. The van der Waals surface area contributed by atoms with Crippen molar-refractivity contribution in [1.82, 2.24) is 0 Å². The molecule has 1 rings (SSSR count). The minimum Gasteiger partial charge on any atom is -0.392 e. The summed E-state index contributed by atoms with van der Waals surface area (Å²) in [7, 11) is 0. The van der Waals surface area contributed by atoms with Crippen LogP contribution in [-0.4, -0.2) is 16.1 Å². The van der Waals surface area contributed by atoms with Gasteiger partial charge in [-0.3, -0.25) is 10.1 Å². The van der Waals surface area contributed by atoms with E-state index >= 15 is 0 Å². The molecule has 1 unspecified atom stereocenters. The van der Waals surface area contributed by atoms with Crippen LogP contribution in [0.4, 0.5) is 5.69 Å². The van der Waals surface area contributed by atoms with E-state index in [-0.39, 0.29) is 11.8 Å². The highest BCUT2D eigenvalue weighted by atomic mass is 16.6. The number of nitro benzene ring substituents is 1. The van der Waals surface area contributed by atoms with Gasteiger partial charge >= 0.3 is 0 Å². The molecule has 0 aliphatic carbocycles. The van der Waals surface area contributed by atoms with E-state index in [9.17, 15) is 15.2 Å². The van der Waals surface area contributed by atoms with Gasteiger partial charge in [0.05, 0.1) is 11.0 Å². The molecular weight excluding hydrogens is 242 g/mol. The topological polar surface area (TPSA) is 63.4 Å². The number of rotatable bonds is 8. The van der Waals surface area contributed by atoms with Crippen molar-refractivity contribution in [3.05, 3.63) is 39.9 Å². The predicted molar refractivity (Wildman–Crippen MR) is 76.1 cm³/mol. The fraction of sp³-hybridized carbons (Fsp3) is 0.600. The highest BCUT2D eigenvalue weighted by Gasteiger charge is 2.18. The van der Waals surface area contributed by atoms with Crippen LogP contribution in [0.15, 0.2) is 24.3 Å². The first kappa shape index (κ1) is 15.6. The average molecular weight is 265 g/mol. The Hall–Kier alpha value is -1.42. The molecule has 0 fully saturated rings. The van der Waals surface area contributed by atoms with Crippen LogP contribution >= 0.6 is 0 Å². The van der Waals surface area contributed by atoms with Crippen molar-refractivity contribution in [2.24, 2.45) is 5.92 Å². The summed E-state index contributed by atoms with van der Waals surface area (Å²) in [6, 6.07) is 6.46. The lowest BCUT2D eigenvalue weighted by molar-refractivity contribution is -0.384. The lowest BCUT2D eigenvalue weighted by Crippen LogP contribution is -2.22. The van der Waals surface area contributed by atoms with Crippen molar-refractivity contribution in [2.75, 3.05) is 0 Å². The Balaban J connectivity index is 2.63.